The molecule has 1 aromatic carbocycles. The van der Waals surface area contributed by atoms with Gasteiger partial charge >= 0.3 is 0 Å². The van der Waals surface area contributed by atoms with Crippen molar-refractivity contribution in [1.29, 1.82) is 0 Å². The Bertz CT molecular complexity index is 799. The predicted octanol–water partition coefficient (Wildman–Crippen LogP) is 2.64. The summed E-state index contributed by atoms with van der Waals surface area (Å²) >= 11 is 0. The Kier molecular flexibility index (Phi) is 3.09. The minimum Gasteiger partial charge on any atom is -0.306 e. The van der Waals surface area contributed by atoms with Crippen LogP contribution in [0.25, 0.3) is 22.6 Å². The number of hydrogen-bond donors (Lipinski definition) is 1. The number of benzene rings is 1. The number of hydrogen-bond acceptors (Lipinski definition) is 3. The molecule has 0 spiro atoms. The van der Waals surface area contributed by atoms with Gasteiger partial charge in [-0.2, -0.15) is 0 Å². The quantitative estimate of drug-likeness (QED) is 0.776. The van der Waals surface area contributed by atoms with Gasteiger partial charge in [0, 0.05) is 23.4 Å². The molecule has 0 saturated heterocycles. The third kappa shape index (κ3) is 2.47. The van der Waals surface area contributed by atoms with Gasteiger partial charge in [0.25, 0.3) is 5.56 Å². The number of H-pyrrole nitrogens is 1. The summed E-state index contributed by atoms with van der Waals surface area (Å²) < 4.78 is 13.2. The van der Waals surface area contributed by atoms with Crippen molar-refractivity contribution in [2.24, 2.45) is 0 Å². The van der Waals surface area contributed by atoms with Gasteiger partial charge in [-0.3, -0.25) is 9.78 Å². The standard InChI is InChI=1S/C15H10FN3O/c16-12-6-11(8-17-9-12)13-7-14(20)19-15(18-13)10-4-2-1-3-5-10/h1-9H,(H,18,19,20). The molecule has 4 nitrogen and oxygen atoms in total. The maximum atomic E-state index is 13.2. The number of aromatic nitrogens is 3. The van der Waals surface area contributed by atoms with E-state index in [-0.39, 0.29) is 5.56 Å². The van der Waals surface area contributed by atoms with Crippen LogP contribution in [-0.4, -0.2) is 15.0 Å². The Morgan fingerprint density at radius 2 is 1.80 bits per heavy atom. The molecule has 0 aliphatic carbocycles. The number of aromatic amines is 1. The van der Waals surface area contributed by atoms with E-state index in [0.29, 0.717) is 17.1 Å². The molecule has 0 radical (unpaired) electrons. The van der Waals surface area contributed by atoms with Crippen LogP contribution in [-0.2, 0) is 0 Å². The van der Waals surface area contributed by atoms with Crippen LogP contribution >= 0.6 is 0 Å². The molecule has 20 heavy (non-hydrogen) atoms. The first-order valence-corrected chi connectivity index (χ1v) is 6.00. The van der Waals surface area contributed by atoms with Crippen LogP contribution in [0, 0.1) is 5.82 Å². The maximum absolute atomic E-state index is 13.2. The molecular formula is C15H10FN3O. The lowest BCUT2D eigenvalue weighted by Crippen LogP contribution is -2.08. The van der Waals surface area contributed by atoms with Gasteiger partial charge in [-0.25, -0.2) is 9.37 Å². The molecule has 2 heterocycles. The lowest BCUT2D eigenvalue weighted by atomic mass is 10.1. The second kappa shape index (κ2) is 5.05. The average Bonchev–Trinajstić information content (AvgIpc) is 2.47. The summed E-state index contributed by atoms with van der Waals surface area (Å²) in [5.74, 6) is -0.0248. The smallest absolute Gasteiger partial charge is 0.251 e. The van der Waals surface area contributed by atoms with E-state index >= 15 is 0 Å². The fraction of sp³-hybridized carbons (Fsp3) is 0. The number of nitrogens with one attached hydrogen (secondary N) is 1. The van der Waals surface area contributed by atoms with Crippen molar-refractivity contribution >= 4 is 0 Å². The minimum atomic E-state index is -0.467. The van der Waals surface area contributed by atoms with E-state index < -0.39 is 5.82 Å². The van der Waals surface area contributed by atoms with E-state index in [2.05, 4.69) is 15.0 Å². The molecule has 0 aliphatic rings. The summed E-state index contributed by atoms with van der Waals surface area (Å²) in [6, 6.07) is 11.9. The summed E-state index contributed by atoms with van der Waals surface area (Å²) in [6.45, 7) is 0. The van der Waals surface area contributed by atoms with Crippen LogP contribution in [0.1, 0.15) is 0 Å². The number of pyridine rings is 1. The Morgan fingerprint density at radius 3 is 2.55 bits per heavy atom. The van der Waals surface area contributed by atoms with Crippen LogP contribution in [0.15, 0.2) is 59.7 Å². The molecule has 1 N–H and O–H groups in total. The first-order chi connectivity index (χ1) is 9.72. The molecule has 0 unspecified atom stereocenters. The predicted molar refractivity (Wildman–Crippen MR) is 73.5 cm³/mol. The number of halogens is 1. The van der Waals surface area contributed by atoms with Crippen LogP contribution in [0.4, 0.5) is 4.39 Å². The Hall–Kier alpha value is -2.82. The third-order valence-corrected chi connectivity index (χ3v) is 2.79. The lowest BCUT2D eigenvalue weighted by molar-refractivity contribution is 0.622. The minimum absolute atomic E-state index is 0.293. The van der Waals surface area contributed by atoms with E-state index in [1.165, 1.54) is 18.3 Å². The Labute approximate surface area is 114 Å². The van der Waals surface area contributed by atoms with Crippen molar-refractivity contribution in [3.8, 4) is 22.6 Å². The lowest BCUT2D eigenvalue weighted by Gasteiger charge is -2.04. The normalized spacial score (nSPS) is 10.4. The van der Waals surface area contributed by atoms with E-state index in [4.69, 9.17) is 0 Å². The highest BCUT2D eigenvalue weighted by molar-refractivity contribution is 5.62. The third-order valence-electron chi connectivity index (χ3n) is 2.79. The van der Waals surface area contributed by atoms with E-state index in [1.54, 1.807) is 0 Å². The molecule has 0 saturated carbocycles. The Balaban J connectivity index is 2.15. The molecule has 3 rings (SSSR count). The van der Waals surface area contributed by atoms with E-state index in [0.717, 1.165) is 11.8 Å². The summed E-state index contributed by atoms with van der Waals surface area (Å²) in [5.41, 5.74) is 1.35. The first kappa shape index (κ1) is 12.2. The largest absolute Gasteiger partial charge is 0.306 e. The van der Waals surface area contributed by atoms with E-state index in [1.807, 2.05) is 30.3 Å². The summed E-state index contributed by atoms with van der Waals surface area (Å²) in [4.78, 5) is 22.5. The second-order valence-corrected chi connectivity index (χ2v) is 4.24. The van der Waals surface area contributed by atoms with Crippen LogP contribution in [0.5, 0.6) is 0 Å². The van der Waals surface area contributed by atoms with Gasteiger partial charge in [0.05, 0.1) is 11.9 Å². The van der Waals surface area contributed by atoms with Crippen molar-refractivity contribution in [3.63, 3.8) is 0 Å². The molecular weight excluding hydrogens is 257 g/mol. The van der Waals surface area contributed by atoms with Crippen LogP contribution in [0.2, 0.25) is 0 Å². The molecule has 2 aromatic heterocycles. The zero-order valence-electron chi connectivity index (χ0n) is 10.4. The fourth-order valence-electron chi connectivity index (χ4n) is 1.89. The van der Waals surface area contributed by atoms with Crippen LogP contribution in [0.3, 0.4) is 0 Å². The summed E-state index contributed by atoms with van der Waals surface area (Å²) in [7, 11) is 0. The molecule has 0 aliphatic heterocycles. The van der Waals surface area contributed by atoms with Crippen molar-refractivity contribution in [3.05, 3.63) is 71.0 Å². The molecule has 98 valence electrons. The second-order valence-electron chi connectivity index (χ2n) is 4.24. The molecule has 3 aromatic rings. The van der Waals surface area contributed by atoms with Crippen LogP contribution < -0.4 is 5.56 Å². The zero-order valence-corrected chi connectivity index (χ0v) is 10.4. The van der Waals surface area contributed by atoms with Crippen molar-refractivity contribution in [1.82, 2.24) is 15.0 Å². The molecule has 0 bridgehead atoms. The highest BCUT2D eigenvalue weighted by atomic mass is 19.1. The Morgan fingerprint density at radius 1 is 1.00 bits per heavy atom. The topological polar surface area (TPSA) is 58.6 Å². The molecule has 0 fully saturated rings. The van der Waals surface area contributed by atoms with Crippen molar-refractivity contribution in [2.45, 2.75) is 0 Å². The molecule has 5 heteroatoms. The zero-order chi connectivity index (χ0) is 13.9. The van der Waals surface area contributed by atoms with Gasteiger partial charge in [-0.05, 0) is 6.07 Å². The first-order valence-electron chi connectivity index (χ1n) is 6.00. The van der Waals surface area contributed by atoms with Crippen molar-refractivity contribution < 1.29 is 4.39 Å². The SMILES string of the molecule is O=c1cc(-c2cncc(F)c2)nc(-c2ccccc2)[nH]1. The van der Waals surface area contributed by atoms with Gasteiger partial charge in [0.1, 0.15) is 11.6 Å². The van der Waals surface area contributed by atoms with Gasteiger partial charge in [0.15, 0.2) is 0 Å². The maximum Gasteiger partial charge on any atom is 0.251 e. The number of rotatable bonds is 2. The molecule has 0 amide bonds. The fourth-order valence-corrected chi connectivity index (χ4v) is 1.89. The molecule has 0 atom stereocenters. The van der Waals surface area contributed by atoms with Gasteiger partial charge in [-0.1, -0.05) is 30.3 Å². The monoisotopic (exact) mass is 267 g/mol. The average molecular weight is 267 g/mol. The number of nitrogens with zero attached hydrogens (tertiary/aromatic N) is 2. The summed E-state index contributed by atoms with van der Waals surface area (Å²) in [6.07, 6.45) is 2.58. The van der Waals surface area contributed by atoms with Crippen molar-refractivity contribution in [2.75, 3.05) is 0 Å². The van der Waals surface area contributed by atoms with E-state index in [9.17, 15) is 9.18 Å². The summed E-state index contributed by atoms with van der Waals surface area (Å²) in [5, 5.41) is 0. The highest BCUT2D eigenvalue weighted by Crippen LogP contribution is 2.19. The highest BCUT2D eigenvalue weighted by Gasteiger charge is 2.07. The van der Waals surface area contributed by atoms with Gasteiger partial charge in [-0.15, -0.1) is 0 Å². The van der Waals surface area contributed by atoms with Gasteiger partial charge in [0.2, 0.25) is 0 Å². The van der Waals surface area contributed by atoms with Gasteiger partial charge < -0.3 is 4.98 Å².